The number of nitrogens with zero attached hydrogens (tertiary/aromatic N) is 2. The van der Waals surface area contributed by atoms with Gasteiger partial charge in [0, 0.05) is 12.0 Å². The van der Waals surface area contributed by atoms with E-state index in [1.807, 2.05) is 62.4 Å². The van der Waals surface area contributed by atoms with Crippen molar-refractivity contribution in [3.63, 3.8) is 0 Å². The van der Waals surface area contributed by atoms with Crippen molar-refractivity contribution in [3.8, 4) is 5.75 Å². The zero-order chi connectivity index (χ0) is 17.6. The molecule has 2 aromatic carbocycles. The summed E-state index contributed by atoms with van der Waals surface area (Å²) in [5.41, 5.74) is 2.86. The van der Waals surface area contributed by atoms with Crippen molar-refractivity contribution >= 4 is 22.4 Å². The summed E-state index contributed by atoms with van der Waals surface area (Å²) in [4.78, 5) is 12.3. The van der Waals surface area contributed by atoms with Gasteiger partial charge >= 0.3 is 0 Å². The first-order valence-corrected chi connectivity index (χ1v) is 8.82. The molecule has 1 aromatic heterocycles. The van der Waals surface area contributed by atoms with Crippen LogP contribution in [0.2, 0.25) is 0 Å². The van der Waals surface area contributed by atoms with Crippen LogP contribution in [-0.2, 0) is 6.42 Å². The van der Waals surface area contributed by atoms with Crippen molar-refractivity contribution < 1.29 is 9.53 Å². The van der Waals surface area contributed by atoms with Crippen LogP contribution in [0.15, 0.2) is 48.5 Å². The van der Waals surface area contributed by atoms with E-state index in [0.717, 1.165) is 21.9 Å². The van der Waals surface area contributed by atoms with E-state index in [4.69, 9.17) is 4.74 Å². The molecule has 5 nitrogen and oxygen atoms in total. The molecular formula is C19H19N3O2S. The van der Waals surface area contributed by atoms with Crippen molar-refractivity contribution in [2.75, 3.05) is 11.9 Å². The molecule has 1 N–H and O–H groups in total. The van der Waals surface area contributed by atoms with Crippen LogP contribution in [0.25, 0.3) is 0 Å². The second-order valence-electron chi connectivity index (χ2n) is 5.67. The average molecular weight is 353 g/mol. The van der Waals surface area contributed by atoms with E-state index in [2.05, 4.69) is 15.5 Å². The summed E-state index contributed by atoms with van der Waals surface area (Å²) in [7, 11) is 0. The minimum absolute atomic E-state index is 0.175. The Kier molecular flexibility index (Phi) is 5.40. The highest BCUT2D eigenvalue weighted by Crippen LogP contribution is 2.18. The highest BCUT2D eigenvalue weighted by atomic mass is 32.1. The molecule has 0 saturated heterocycles. The minimum atomic E-state index is -0.175. The molecule has 0 saturated carbocycles. The van der Waals surface area contributed by atoms with E-state index in [1.165, 1.54) is 11.3 Å². The molecule has 0 unspecified atom stereocenters. The molecule has 0 fully saturated rings. The van der Waals surface area contributed by atoms with Crippen LogP contribution >= 0.6 is 11.3 Å². The molecule has 0 radical (unpaired) electrons. The summed E-state index contributed by atoms with van der Waals surface area (Å²) in [6, 6.07) is 15.3. The monoisotopic (exact) mass is 353 g/mol. The third-order valence-electron chi connectivity index (χ3n) is 3.78. The SMILES string of the molecule is Cc1ccc(C(=O)Nc2nnc(CCOc3ccccc3)s2)cc1C. The lowest BCUT2D eigenvalue weighted by molar-refractivity contribution is 0.102. The Morgan fingerprint density at radius 3 is 2.64 bits per heavy atom. The lowest BCUT2D eigenvalue weighted by Gasteiger charge is -2.04. The first kappa shape index (κ1) is 17.1. The van der Waals surface area contributed by atoms with Gasteiger partial charge in [-0.1, -0.05) is 35.6 Å². The Hall–Kier alpha value is -2.73. The molecule has 6 heteroatoms. The van der Waals surface area contributed by atoms with Gasteiger partial charge in [-0.15, -0.1) is 10.2 Å². The molecule has 0 atom stereocenters. The molecule has 3 aromatic rings. The van der Waals surface area contributed by atoms with Gasteiger partial charge in [-0.25, -0.2) is 0 Å². The topological polar surface area (TPSA) is 64.1 Å². The highest BCUT2D eigenvalue weighted by molar-refractivity contribution is 7.15. The Balaban J connectivity index is 1.54. The fourth-order valence-electron chi connectivity index (χ4n) is 2.23. The van der Waals surface area contributed by atoms with Crippen molar-refractivity contribution in [1.82, 2.24) is 10.2 Å². The van der Waals surface area contributed by atoms with Gasteiger partial charge in [0.15, 0.2) is 0 Å². The fourth-order valence-corrected chi connectivity index (χ4v) is 2.95. The number of nitrogens with one attached hydrogen (secondary N) is 1. The van der Waals surface area contributed by atoms with E-state index < -0.39 is 0 Å². The summed E-state index contributed by atoms with van der Waals surface area (Å²) in [6.07, 6.45) is 0.645. The first-order valence-electron chi connectivity index (χ1n) is 8.00. The van der Waals surface area contributed by atoms with Gasteiger partial charge in [0.2, 0.25) is 5.13 Å². The summed E-state index contributed by atoms with van der Waals surface area (Å²) in [6.45, 7) is 4.53. The van der Waals surface area contributed by atoms with Crippen molar-refractivity contribution in [1.29, 1.82) is 0 Å². The Labute approximate surface area is 150 Å². The zero-order valence-electron chi connectivity index (χ0n) is 14.2. The molecule has 1 heterocycles. The first-order chi connectivity index (χ1) is 12.1. The number of carbonyl (C=O) groups is 1. The fraction of sp³-hybridized carbons (Fsp3) is 0.211. The van der Waals surface area contributed by atoms with Gasteiger partial charge in [0.25, 0.3) is 5.91 Å². The van der Waals surface area contributed by atoms with Gasteiger partial charge < -0.3 is 4.74 Å². The second-order valence-corrected chi connectivity index (χ2v) is 6.73. The summed E-state index contributed by atoms with van der Waals surface area (Å²) in [5.74, 6) is 0.654. The van der Waals surface area contributed by atoms with Gasteiger partial charge in [0.1, 0.15) is 10.8 Å². The number of amides is 1. The van der Waals surface area contributed by atoms with E-state index in [0.29, 0.717) is 23.7 Å². The lowest BCUT2D eigenvalue weighted by atomic mass is 10.1. The number of ether oxygens (including phenoxy) is 1. The maximum Gasteiger partial charge on any atom is 0.257 e. The van der Waals surface area contributed by atoms with Crippen LogP contribution < -0.4 is 10.1 Å². The van der Waals surface area contributed by atoms with Gasteiger partial charge in [-0.3, -0.25) is 10.1 Å². The zero-order valence-corrected chi connectivity index (χ0v) is 15.0. The molecule has 0 bridgehead atoms. The van der Waals surface area contributed by atoms with Crippen LogP contribution in [0.4, 0.5) is 5.13 Å². The third kappa shape index (κ3) is 4.64. The predicted molar refractivity (Wildman–Crippen MR) is 99.4 cm³/mol. The normalized spacial score (nSPS) is 10.5. The Bertz CT molecular complexity index is 862. The largest absolute Gasteiger partial charge is 0.493 e. The van der Waals surface area contributed by atoms with Gasteiger partial charge in [-0.05, 0) is 49.2 Å². The van der Waals surface area contributed by atoms with Crippen LogP contribution in [0.1, 0.15) is 26.5 Å². The van der Waals surface area contributed by atoms with E-state index in [-0.39, 0.29) is 5.91 Å². The molecule has 3 rings (SSSR count). The molecule has 128 valence electrons. The number of aromatic nitrogens is 2. The standard InChI is InChI=1S/C19H19N3O2S/c1-13-8-9-15(12-14(13)2)18(23)20-19-22-21-17(25-19)10-11-24-16-6-4-3-5-7-16/h3-9,12H,10-11H2,1-2H3,(H,20,22,23). The second kappa shape index (κ2) is 7.90. The van der Waals surface area contributed by atoms with Gasteiger partial charge in [0.05, 0.1) is 6.61 Å². The Morgan fingerprint density at radius 2 is 1.88 bits per heavy atom. The molecule has 25 heavy (non-hydrogen) atoms. The Morgan fingerprint density at radius 1 is 1.08 bits per heavy atom. The summed E-state index contributed by atoms with van der Waals surface area (Å²) < 4.78 is 5.65. The highest BCUT2D eigenvalue weighted by Gasteiger charge is 2.11. The number of rotatable bonds is 6. The van der Waals surface area contributed by atoms with Crippen molar-refractivity contribution in [2.24, 2.45) is 0 Å². The minimum Gasteiger partial charge on any atom is -0.493 e. The number of hydrogen-bond donors (Lipinski definition) is 1. The summed E-state index contributed by atoms with van der Waals surface area (Å²) >= 11 is 1.36. The number of hydrogen-bond acceptors (Lipinski definition) is 5. The average Bonchev–Trinajstić information content (AvgIpc) is 3.05. The van der Waals surface area contributed by atoms with Crippen molar-refractivity contribution in [2.45, 2.75) is 20.3 Å². The number of benzene rings is 2. The summed E-state index contributed by atoms with van der Waals surface area (Å²) in [5, 5.41) is 12.2. The molecule has 1 amide bonds. The quantitative estimate of drug-likeness (QED) is 0.727. The third-order valence-corrected chi connectivity index (χ3v) is 4.68. The predicted octanol–water partition coefficient (Wildman–Crippen LogP) is 4.03. The molecular weight excluding hydrogens is 334 g/mol. The number of para-hydroxylation sites is 1. The number of aryl methyl sites for hydroxylation is 2. The lowest BCUT2D eigenvalue weighted by Crippen LogP contribution is -2.12. The molecule has 0 spiro atoms. The van der Waals surface area contributed by atoms with E-state index >= 15 is 0 Å². The van der Waals surface area contributed by atoms with E-state index in [9.17, 15) is 4.79 Å². The van der Waals surface area contributed by atoms with E-state index in [1.54, 1.807) is 0 Å². The maximum absolute atomic E-state index is 12.3. The van der Waals surface area contributed by atoms with Crippen molar-refractivity contribution in [3.05, 3.63) is 70.2 Å². The number of anilines is 1. The van der Waals surface area contributed by atoms with Gasteiger partial charge in [-0.2, -0.15) is 0 Å². The van der Waals surface area contributed by atoms with Crippen LogP contribution in [0, 0.1) is 13.8 Å². The number of carbonyl (C=O) groups excluding carboxylic acids is 1. The molecule has 0 aliphatic carbocycles. The smallest absolute Gasteiger partial charge is 0.257 e. The maximum atomic E-state index is 12.3. The molecule has 0 aliphatic rings. The van der Waals surface area contributed by atoms with Crippen LogP contribution in [0.3, 0.4) is 0 Å². The molecule has 0 aliphatic heterocycles. The van der Waals surface area contributed by atoms with Crippen LogP contribution in [-0.4, -0.2) is 22.7 Å². The van der Waals surface area contributed by atoms with Crippen LogP contribution in [0.5, 0.6) is 5.75 Å².